The average molecular weight is 292 g/mol. The molecule has 0 aromatic heterocycles. The number of methoxy groups -OCH3 is 2. The largest absolute Gasteiger partial charge is 0.496 e. The van der Waals surface area contributed by atoms with Gasteiger partial charge in [-0.15, -0.1) is 0 Å². The maximum absolute atomic E-state index is 6.01. The van der Waals surface area contributed by atoms with Gasteiger partial charge in [-0.3, -0.25) is 0 Å². The Morgan fingerprint density at radius 1 is 0.900 bits per heavy atom. The number of benzene rings is 2. The first-order valence-corrected chi connectivity index (χ1v) is 6.77. The first kappa shape index (κ1) is 14.7. The van der Waals surface area contributed by atoms with Gasteiger partial charge in [-0.05, 0) is 24.3 Å². The molecule has 0 saturated heterocycles. The van der Waals surface area contributed by atoms with Crippen LogP contribution in [-0.4, -0.2) is 14.2 Å². The first-order chi connectivity index (χ1) is 9.74. The Kier molecular flexibility index (Phi) is 5.27. The van der Waals surface area contributed by atoms with Crippen LogP contribution in [0.3, 0.4) is 0 Å². The van der Waals surface area contributed by atoms with Crippen molar-refractivity contribution in [2.45, 2.75) is 13.1 Å². The van der Waals surface area contributed by atoms with Gasteiger partial charge in [0.25, 0.3) is 0 Å². The highest BCUT2D eigenvalue weighted by atomic mass is 35.5. The van der Waals surface area contributed by atoms with Crippen LogP contribution >= 0.6 is 11.6 Å². The number of halogens is 1. The Bertz CT molecular complexity index is 572. The molecule has 1 N–H and O–H groups in total. The highest BCUT2D eigenvalue weighted by Crippen LogP contribution is 2.23. The summed E-state index contributed by atoms with van der Waals surface area (Å²) in [6, 6.07) is 13.6. The monoisotopic (exact) mass is 291 g/mol. The lowest BCUT2D eigenvalue weighted by molar-refractivity contribution is 0.404. The number of nitrogens with one attached hydrogen (secondary N) is 1. The second-order valence-electron chi connectivity index (χ2n) is 4.37. The van der Waals surface area contributed by atoms with Crippen LogP contribution in [0.2, 0.25) is 5.02 Å². The minimum absolute atomic E-state index is 0.682. The summed E-state index contributed by atoms with van der Waals surface area (Å²) in [4.78, 5) is 0. The Morgan fingerprint density at radius 3 is 2.30 bits per heavy atom. The lowest BCUT2D eigenvalue weighted by Gasteiger charge is -2.12. The molecule has 20 heavy (non-hydrogen) atoms. The zero-order chi connectivity index (χ0) is 14.4. The molecule has 0 spiro atoms. The molecule has 0 saturated carbocycles. The van der Waals surface area contributed by atoms with Crippen molar-refractivity contribution in [2.24, 2.45) is 0 Å². The van der Waals surface area contributed by atoms with Gasteiger partial charge in [-0.2, -0.15) is 0 Å². The fourth-order valence-corrected chi connectivity index (χ4v) is 2.26. The molecule has 0 aliphatic carbocycles. The standard InChI is InChI=1S/C16H18ClNO2/c1-19-15-6-4-3-5-12(15)10-18-11-13-9-14(17)7-8-16(13)20-2/h3-9,18H,10-11H2,1-2H3. The Balaban J connectivity index is 2.01. The van der Waals surface area contributed by atoms with Gasteiger partial charge in [0.05, 0.1) is 14.2 Å². The first-order valence-electron chi connectivity index (χ1n) is 6.39. The summed E-state index contributed by atoms with van der Waals surface area (Å²) in [6.45, 7) is 1.40. The molecule has 4 heteroatoms. The summed E-state index contributed by atoms with van der Waals surface area (Å²) in [6.07, 6.45) is 0. The third kappa shape index (κ3) is 3.65. The van der Waals surface area contributed by atoms with E-state index >= 15 is 0 Å². The SMILES string of the molecule is COc1ccccc1CNCc1cc(Cl)ccc1OC. The van der Waals surface area contributed by atoms with Gasteiger partial charge in [-0.1, -0.05) is 29.8 Å². The molecule has 0 bridgehead atoms. The quantitative estimate of drug-likeness (QED) is 0.881. The van der Waals surface area contributed by atoms with Gasteiger partial charge in [0.2, 0.25) is 0 Å². The maximum Gasteiger partial charge on any atom is 0.123 e. The van der Waals surface area contributed by atoms with Gasteiger partial charge < -0.3 is 14.8 Å². The summed E-state index contributed by atoms with van der Waals surface area (Å²) in [5.41, 5.74) is 2.16. The molecule has 0 fully saturated rings. The summed E-state index contributed by atoms with van der Waals surface area (Å²) in [7, 11) is 3.34. The van der Waals surface area contributed by atoms with E-state index < -0.39 is 0 Å². The fraction of sp³-hybridized carbons (Fsp3) is 0.250. The van der Waals surface area contributed by atoms with Crippen molar-refractivity contribution in [3.63, 3.8) is 0 Å². The topological polar surface area (TPSA) is 30.5 Å². The van der Waals surface area contributed by atoms with Gasteiger partial charge in [0, 0.05) is 29.2 Å². The van der Waals surface area contributed by atoms with E-state index in [1.54, 1.807) is 14.2 Å². The van der Waals surface area contributed by atoms with Crippen molar-refractivity contribution in [3.05, 3.63) is 58.6 Å². The van der Waals surface area contributed by atoms with E-state index in [1.807, 2.05) is 42.5 Å². The molecule has 0 heterocycles. The lowest BCUT2D eigenvalue weighted by Crippen LogP contribution is -2.14. The second kappa shape index (κ2) is 7.17. The van der Waals surface area contributed by atoms with Crippen LogP contribution in [0.4, 0.5) is 0 Å². The molecular weight excluding hydrogens is 274 g/mol. The molecule has 2 aromatic rings. The predicted molar refractivity (Wildman–Crippen MR) is 81.5 cm³/mol. The zero-order valence-electron chi connectivity index (χ0n) is 11.7. The molecule has 0 aliphatic rings. The van der Waals surface area contributed by atoms with Crippen molar-refractivity contribution < 1.29 is 9.47 Å². The summed E-state index contributed by atoms with van der Waals surface area (Å²) in [5.74, 6) is 1.72. The van der Waals surface area contributed by atoms with Crippen LogP contribution < -0.4 is 14.8 Å². The third-order valence-electron chi connectivity index (χ3n) is 3.07. The summed E-state index contributed by atoms with van der Waals surface area (Å²) in [5, 5.41) is 4.08. The number of ether oxygens (including phenoxy) is 2. The van der Waals surface area contributed by atoms with Crippen LogP contribution in [0.15, 0.2) is 42.5 Å². The summed E-state index contributed by atoms with van der Waals surface area (Å²) < 4.78 is 10.7. The van der Waals surface area contributed by atoms with E-state index in [0.717, 1.165) is 29.2 Å². The van der Waals surface area contributed by atoms with Crippen molar-refractivity contribution >= 4 is 11.6 Å². The van der Waals surface area contributed by atoms with Crippen LogP contribution in [0.25, 0.3) is 0 Å². The minimum atomic E-state index is 0.682. The Labute approximate surface area is 124 Å². The Morgan fingerprint density at radius 2 is 1.55 bits per heavy atom. The van der Waals surface area contributed by atoms with Gasteiger partial charge >= 0.3 is 0 Å². The third-order valence-corrected chi connectivity index (χ3v) is 3.30. The average Bonchev–Trinajstić information content (AvgIpc) is 2.48. The molecular formula is C16H18ClNO2. The van der Waals surface area contributed by atoms with Crippen LogP contribution in [-0.2, 0) is 13.1 Å². The molecule has 3 nitrogen and oxygen atoms in total. The van der Waals surface area contributed by atoms with E-state index in [4.69, 9.17) is 21.1 Å². The van der Waals surface area contributed by atoms with E-state index in [1.165, 1.54) is 0 Å². The van der Waals surface area contributed by atoms with Crippen LogP contribution in [0, 0.1) is 0 Å². The highest BCUT2D eigenvalue weighted by Gasteiger charge is 2.05. The molecule has 0 atom stereocenters. The van der Waals surface area contributed by atoms with Gasteiger partial charge in [0.1, 0.15) is 11.5 Å². The molecule has 0 radical (unpaired) electrons. The smallest absolute Gasteiger partial charge is 0.123 e. The van der Waals surface area contributed by atoms with E-state index in [9.17, 15) is 0 Å². The molecule has 2 rings (SSSR count). The van der Waals surface area contributed by atoms with Crippen molar-refractivity contribution in [2.75, 3.05) is 14.2 Å². The van der Waals surface area contributed by atoms with Crippen LogP contribution in [0.5, 0.6) is 11.5 Å². The summed E-state index contributed by atoms with van der Waals surface area (Å²) >= 11 is 6.01. The molecule has 0 unspecified atom stereocenters. The molecule has 106 valence electrons. The van der Waals surface area contributed by atoms with Crippen molar-refractivity contribution in [3.8, 4) is 11.5 Å². The molecule has 0 aliphatic heterocycles. The zero-order valence-corrected chi connectivity index (χ0v) is 12.4. The van der Waals surface area contributed by atoms with Crippen molar-refractivity contribution in [1.82, 2.24) is 5.32 Å². The Hall–Kier alpha value is -1.71. The second-order valence-corrected chi connectivity index (χ2v) is 4.81. The normalized spacial score (nSPS) is 10.3. The number of rotatable bonds is 6. The predicted octanol–water partition coefficient (Wildman–Crippen LogP) is 3.65. The van der Waals surface area contributed by atoms with Crippen LogP contribution in [0.1, 0.15) is 11.1 Å². The number of hydrogen-bond donors (Lipinski definition) is 1. The maximum atomic E-state index is 6.01. The fourth-order valence-electron chi connectivity index (χ4n) is 2.07. The molecule has 2 aromatic carbocycles. The van der Waals surface area contributed by atoms with E-state index in [2.05, 4.69) is 5.32 Å². The van der Waals surface area contributed by atoms with E-state index in [0.29, 0.717) is 11.6 Å². The van der Waals surface area contributed by atoms with Gasteiger partial charge in [-0.25, -0.2) is 0 Å². The molecule has 0 amide bonds. The number of para-hydroxylation sites is 1. The van der Waals surface area contributed by atoms with Crippen molar-refractivity contribution in [1.29, 1.82) is 0 Å². The highest BCUT2D eigenvalue weighted by molar-refractivity contribution is 6.30. The van der Waals surface area contributed by atoms with E-state index in [-0.39, 0.29) is 0 Å². The van der Waals surface area contributed by atoms with Gasteiger partial charge in [0.15, 0.2) is 0 Å². The lowest BCUT2D eigenvalue weighted by atomic mass is 10.1. The number of hydrogen-bond acceptors (Lipinski definition) is 3. The minimum Gasteiger partial charge on any atom is -0.496 e.